The molecule has 2 unspecified atom stereocenters. The summed E-state index contributed by atoms with van der Waals surface area (Å²) < 4.78 is 17.5. The molecule has 3 aliphatic rings. The summed E-state index contributed by atoms with van der Waals surface area (Å²) in [6.07, 6.45) is 4.70. The first-order chi connectivity index (χ1) is 11.6. The van der Waals surface area contributed by atoms with Gasteiger partial charge in [-0.3, -0.25) is 5.32 Å². The Bertz CT molecular complexity index is 443. The van der Waals surface area contributed by atoms with Crippen LogP contribution in [0.3, 0.4) is 0 Å². The molecule has 0 amide bonds. The Hall–Kier alpha value is -0.930. The van der Waals surface area contributed by atoms with Crippen LogP contribution in [0.2, 0.25) is 0 Å². The van der Waals surface area contributed by atoms with Crippen LogP contribution < -0.4 is 16.4 Å². The quantitative estimate of drug-likeness (QED) is 0.670. The molecule has 0 aromatic carbocycles. The Morgan fingerprint density at radius 2 is 2.29 bits per heavy atom. The summed E-state index contributed by atoms with van der Waals surface area (Å²) in [5.74, 6) is 0. The first-order valence-corrected chi connectivity index (χ1v) is 9.08. The second-order valence-corrected chi connectivity index (χ2v) is 6.78. The third kappa shape index (κ3) is 3.67. The van der Waals surface area contributed by atoms with Gasteiger partial charge in [0.15, 0.2) is 6.35 Å². The van der Waals surface area contributed by atoms with Crippen LogP contribution in [0, 0.1) is 0 Å². The molecule has 138 valence electrons. The normalized spacial score (nSPS) is 38.2. The molecule has 0 aliphatic carbocycles. The van der Waals surface area contributed by atoms with Crippen molar-refractivity contribution in [1.82, 2.24) is 15.5 Å². The van der Waals surface area contributed by atoms with E-state index >= 15 is 0 Å². The second kappa shape index (κ2) is 7.97. The molecule has 0 saturated carbocycles. The minimum absolute atomic E-state index is 0.00503. The number of nitrogens with zero attached hydrogens (tertiary/aromatic N) is 2. The van der Waals surface area contributed by atoms with E-state index in [1.54, 1.807) is 7.11 Å². The van der Waals surface area contributed by atoms with Gasteiger partial charge in [0.1, 0.15) is 12.4 Å². The van der Waals surface area contributed by atoms with Crippen LogP contribution in [0.5, 0.6) is 0 Å². The largest absolute Gasteiger partial charge is 0.462 e. The predicted octanol–water partition coefficient (Wildman–Crippen LogP) is 0.492. The average Bonchev–Trinajstić information content (AvgIpc) is 2.95. The molecule has 3 rings (SSSR count). The van der Waals surface area contributed by atoms with Crippen molar-refractivity contribution in [2.24, 2.45) is 10.7 Å². The number of amidine groups is 1. The molecule has 0 spiro atoms. The zero-order valence-electron chi connectivity index (χ0n) is 14.9. The highest BCUT2D eigenvalue weighted by Crippen LogP contribution is 2.29. The van der Waals surface area contributed by atoms with E-state index in [1.165, 1.54) is 0 Å². The molecule has 0 bridgehead atoms. The van der Waals surface area contributed by atoms with Crippen molar-refractivity contribution in [3.63, 3.8) is 0 Å². The number of rotatable bonds is 5. The molecule has 0 aromatic heterocycles. The maximum atomic E-state index is 6.31. The highest BCUT2D eigenvalue weighted by atomic mass is 16.5. The third-order valence-electron chi connectivity index (χ3n) is 4.88. The van der Waals surface area contributed by atoms with E-state index in [1.807, 2.05) is 0 Å². The molecule has 0 aromatic rings. The molecule has 8 nitrogen and oxygen atoms in total. The first kappa shape index (κ1) is 17.9. The van der Waals surface area contributed by atoms with Crippen LogP contribution in [-0.4, -0.2) is 61.7 Å². The number of hydrogen-bond donors (Lipinski definition) is 3. The van der Waals surface area contributed by atoms with Crippen molar-refractivity contribution >= 4 is 6.02 Å². The van der Waals surface area contributed by atoms with E-state index < -0.39 is 0 Å². The lowest BCUT2D eigenvalue weighted by molar-refractivity contribution is -0.159. The molecule has 8 heteroatoms. The zero-order valence-corrected chi connectivity index (χ0v) is 14.9. The minimum Gasteiger partial charge on any atom is -0.462 e. The molecule has 6 atom stereocenters. The highest BCUT2D eigenvalue weighted by Gasteiger charge is 2.50. The Balaban J connectivity index is 1.77. The average molecular weight is 341 g/mol. The van der Waals surface area contributed by atoms with E-state index in [9.17, 15) is 0 Å². The Morgan fingerprint density at radius 1 is 1.46 bits per heavy atom. The van der Waals surface area contributed by atoms with Gasteiger partial charge in [-0.15, -0.1) is 0 Å². The van der Waals surface area contributed by atoms with E-state index in [0.717, 1.165) is 38.7 Å². The topological polar surface area (TPSA) is 93.4 Å². The highest BCUT2D eigenvalue weighted by molar-refractivity contribution is 5.75. The maximum Gasteiger partial charge on any atom is 0.287 e. The van der Waals surface area contributed by atoms with E-state index in [4.69, 9.17) is 24.9 Å². The summed E-state index contributed by atoms with van der Waals surface area (Å²) in [7, 11) is 1.69. The fourth-order valence-corrected chi connectivity index (χ4v) is 3.68. The lowest BCUT2D eigenvalue weighted by Gasteiger charge is -2.38. The van der Waals surface area contributed by atoms with Crippen LogP contribution in [0.4, 0.5) is 0 Å². The van der Waals surface area contributed by atoms with Gasteiger partial charge in [0.25, 0.3) is 6.02 Å². The molecule has 3 aliphatic heterocycles. The van der Waals surface area contributed by atoms with Gasteiger partial charge in [0, 0.05) is 13.7 Å². The summed E-state index contributed by atoms with van der Waals surface area (Å²) in [6.45, 7) is 4.97. The van der Waals surface area contributed by atoms with Crippen LogP contribution in [0.15, 0.2) is 4.99 Å². The summed E-state index contributed by atoms with van der Waals surface area (Å²) >= 11 is 0. The number of hydrogen-bond acceptors (Lipinski definition) is 8. The summed E-state index contributed by atoms with van der Waals surface area (Å²) in [5, 5.41) is 6.58. The van der Waals surface area contributed by atoms with Gasteiger partial charge in [-0.2, -0.15) is 0 Å². The fourth-order valence-electron chi connectivity index (χ4n) is 3.68. The predicted molar refractivity (Wildman–Crippen MR) is 90.9 cm³/mol. The smallest absolute Gasteiger partial charge is 0.287 e. The molecular weight excluding hydrogens is 310 g/mol. The van der Waals surface area contributed by atoms with E-state index in [0.29, 0.717) is 6.02 Å². The van der Waals surface area contributed by atoms with Crippen LogP contribution in [0.25, 0.3) is 0 Å². The van der Waals surface area contributed by atoms with Crippen LogP contribution in [-0.2, 0) is 14.2 Å². The SMILES string of the molecule is CCC[C@H](C)OC1=N[C@H]2[C@H](N[C@@H](OC)N2C2CCCCO2)C(N)N1. The number of aliphatic imine (C=N–C) groups is 1. The maximum absolute atomic E-state index is 6.31. The number of nitrogens with one attached hydrogen (secondary N) is 2. The lowest BCUT2D eigenvalue weighted by atomic mass is 10.1. The standard InChI is InChI=1S/C16H31N5O3/c1-4-7-10(2)24-15-19-13(17)12-14(20-15)21(16(18-12)22-3)11-8-5-6-9-23-11/h10-14,16,18H,4-9,17H2,1-3H3,(H,19,20)/t10-,11?,12+,13?,14+,16+/m0/s1. The van der Waals surface area contributed by atoms with Gasteiger partial charge in [-0.05, 0) is 32.6 Å². The minimum atomic E-state index is -0.289. The fraction of sp³-hybridized carbons (Fsp3) is 0.938. The van der Waals surface area contributed by atoms with Crippen molar-refractivity contribution in [3.05, 3.63) is 0 Å². The van der Waals surface area contributed by atoms with Crippen LogP contribution >= 0.6 is 0 Å². The molecule has 4 N–H and O–H groups in total. The summed E-state index contributed by atoms with van der Waals surface area (Å²) in [5.41, 5.74) is 6.31. The second-order valence-electron chi connectivity index (χ2n) is 6.78. The molecule has 24 heavy (non-hydrogen) atoms. The number of methoxy groups -OCH3 is 1. The molecule has 0 radical (unpaired) electrons. The summed E-state index contributed by atoms with van der Waals surface area (Å²) in [6, 6.07) is 0.471. The molecule has 2 saturated heterocycles. The Morgan fingerprint density at radius 3 is 2.96 bits per heavy atom. The number of fused-ring (bicyclic) bond motifs is 1. The molecular formula is C16H31N5O3. The van der Waals surface area contributed by atoms with Gasteiger partial charge < -0.3 is 25.3 Å². The van der Waals surface area contributed by atoms with Crippen molar-refractivity contribution in [1.29, 1.82) is 0 Å². The van der Waals surface area contributed by atoms with Crippen molar-refractivity contribution < 1.29 is 14.2 Å². The zero-order chi connectivity index (χ0) is 17.1. The monoisotopic (exact) mass is 341 g/mol. The van der Waals surface area contributed by atoms with E-state index in [-0.39, 0.29) is 37.1 Å². The molecule has 2 fully saturated rings. The lowest BCUT2D eigenvalue weighted by Crippen LogP contribution is -2.62. The number of ether oxygens (including phenoxy) is 3. The summed E-state index contributed by atoms with van der Waals surface area (Å²) in [4.78, 5) is 6.93. The van der Waals surface area contributed by atoms with Crippen molar-refractivity contribution in [2.45, 2.75) is 83.0 Å². The number of nitrogens with two attached hydrogens (primary N) is 1. The van der Waals surface area contributed by atoms with Crippen molar-refractivity contribution in [2.75, 3.05) is 13.7 Å². The Labute approximate surface area is 144 Å². The van der Waals surface area contributed by atoms with Crippen LogP contribution in [0.1, 0.15) is 46.0 Å². The van der Waals surface area contributed by atoms with Gasteiger partial charge in [-0.25, -0.2) is 9.89 Å². The van der Waals surface area contributed by atoms with Gasteiger partial charge in [0.2, 0.25) is 0 Å². The van der Waals surface area contributed by atoms with Gasteiger partial charge >= 0.3 is 0 Å². The van der Waals surface area contributed by atoms with Gasteiger partial charge in [0.05, 0.1) is 18.3 Å². The van der Waals surface area contributed by atoms with Gasteiger partial charge in [-0.1, -0.05) is 13.3 Å². The third-order valence-corrected chi connectivity index (χ3v) is 4.88. The van der Waals surface area contributed by atoms with Crippen molar-refractivity contribution in [3.8, 4) is 0 Å². The Kier molecular flexibility index (Phi) is 5.93. The van der Waals surface area contributed by atoms with E-state index in [2.05, 4.69) is 29.4 Å². The first-order valence-electron chi connectivity index (χ1n) is 9.08. The molecule has 3 heterocycles.